The smallest absolute Gasteiger partial charge is 0.484 e. The van der Waals surface area contributed by atoms with Crippen molar-refractivity contribution >= 4 is 40.2 Å². The highest BCUT2D eigenvalue weighted by Gasteiger charge is 2.31. The van der Waals surface area contributed by atoms with E-state index in [1.807, 2.05) is 5.38 Å². The van der Waals surface area contributed by atoms with E-state index in [0.717, 1.165) is 35.5 Å². The summed E-state index contributed by atoms with van der Waals surface area (Å²) in [7, 11) is 0. The van der Waals surface area contributed by atoms with Gasteiger partial charge in [0.05, 0.1) is 17.3 Å². The molecule has 18 heteroatoms. The maximum atomic E-state index is 14.1. The van der Waals surface area contributed by atoms with Crippen molar-refractivity contribution in [3.05, 3.63) is 100 Å². The summed E-state index contributed by atoms with van der Waals surface area (Å²) in [6, 6.07) is 12.6. The number of amides is 1. The summed E-state index contributed by atoms with van der Waals surface area (Å²) in [6.07, 6.45) is -9.45. The van der Waals surface area contributed by atoms with E-state index in [4.69, 9.17) is 22.1 Å². The van der Waals surface area contributed by atoms with Crippen LogP contribution in [-0.4, -0.2) is 28.6 Å². The average Bonchev–Trinajstić information content (AvgIpc) is 3.67. The van der Waals surface area contributed by atoms with Crippen LogP contribution in [0, 0.1) is 11.6 Å². The van der Waals surface area contributed by atoms with E-state index in [1.54, 1.807) is 5.38 Å². The lowest BCUT2D eigenvalue weighted by atomic mass is 10.1. The van der Waals surface area contributed by atoms with Crippen LogP contribution < -0.4 is 19.9 Å². The molecular weight excluding hydrogens is 706 g/mol. The molecule has 0 radical (unpaired) electrons. The maximum absolute atomic E-state index is 14.1. The van der Waals surface area contributed by atoms with Gasteiger partial charge in [-0.2, -0.15) is 0 Å². The molecule has 0 unspecified atom stereocenters. The Kier molecular flexibility index (Phi) is 11.3. The summed E-state index contributed by atoms with van der Waals surface area (Å²) < 4.78 is 113. The van der Waals surface area contributed by atoms with Crippen molar-refractivity contribution in [3.63, 3.8) is 0 Å². The number of benzene rings is 3. The van der Waals surface area contributed by atoms with Crippen molar-refractivity contribution in [3.8, 4) is 38.4 Å². The average molecular weight is 724 g/mol. The predicted molar refractivity (Wildman–Crippen MR) is 157 cm³/mol. The Morgan fingerprint density at radius 3 is 1.64 bits per heavy atom. The standard InChI is InChI=1S/C18H11F5N2O3S.C11H7ClF3NOS/c19-12-5-6-13(15(20)14(12)16(24)26)27-7-10-8-29-17(25-10)9-1-3-11(4-2-9)28-18(21,22)23;12-5-8-6-18-10(16-8)7-1-3-9(4-2-7)17-11(13,14)15/h1-6,8H,7H2,(H2,24,26);1-4,6H,5H2. The summed E-state index contributed by atoms with van der Waals surface area (Å²) in [6.45, 7) is -0.188. The lowest BCUT2D eigenvalue weighted by Crippen LogP contribution is -2.16. The van der Waals surface area contributed by atoms with E-state index in [-0.39, 0.29) is 23.9 Å². The quantitative estimate of drug-likeness (QED) is 0.120. The van der Waals surface area contributed by atoms with Crippen molar-refractivity contribution in [1.82, 2.24) is 9.97 Å². The van der Waals surface area contributed by atoms with Gasteiger partial charge in [-0.05, 0) is 60.7 Å². The van der Waals surface area contributed by atoms with Crippen LogP contribution in [0.4, 0.5) is 35.1 Å². The largest absolute Gasteiger partial charge is 0.573 e. The topological polar surface area (TPSA) is 96.6 Å². The normalized spacial score (nSPS) is 11.4. The van der Waals surface area contributed by atoms with Crippen molar-refractivity contribution in [2.75, 3.05) is 0 Å². The van der Waals surface area contributed by atoms with Crippen LogP contribution in [0.25, 0.3) is 21.1 Å². The molecule has 2 heterocycles. The van der Waals surface area contributed by atoms with Crippen LogP contribution in [0.2, 0.25) is 0 Å². The molecule has 0 bridgehead atoms. The Labute approximate surface area is 273 Å². The fourth-order valence-electron chi connectivity index (χ4n) is 3.63. The van der Waals surface area contributed by atoms with E-state index in [1.165, 1.54) is 59.1 Å². The first-order valence-electron chi connectivity index (χ1n) is 12.7. The van der Waals surface area contributed by atoms with Crippen LogP contribution in [0.5, 0.6) is 17.2 Å². The molecule has 0 saturated heterocycles. The molecule has 0 aliphatic heterocycles. The number of nitrogens with zero attached hydrogens (tertiary/aromatic N) is 2. The number of hydrogen-bond acceptors (Lipinski definition) is 8. The second-order valence-corrected chi connectivity index (χ2v) is 10.9. The highest BCUT2D eigenvalue weighted by Crippen LogP contribution is 2.31. The van der Waals surface area contributed by atoms with Crippen LogP contribution in [-0.2, 0) is 12.5 Å². The number of carbonyl (C=O) groups excluding carboxylic acids is 1. The Bertz CT molecular complexity index is 1810. The number of ether oxygens (including phenoxy) is 3. The summed E-state index contributed by atoms with van der Waals surface area (Å²) in [4.78, 5) is 19.6. The van der Waals surface area contributed by atoms with Gasteiger partial charge in [-0.1, -0.05) is 0 Å². The first-order valence-corrected chi connectivity index (χ1v) is 15.0. The lowest BCUT2D eigenvalue weighted by molar-refractivity contribution is -0.275. The predicted octanol–water partition coefficient (Wildman–Crippen LogP) is 9.11. The monoisotopic (exact) mass is 723 g/mol. The molecular formula is C29H18ClF8N3O4S2. The molecule has 0 saturated carbocycles. The molecule has 7 nitrogen and oxygen atoms in total. The molecule has 248 valence electrons. The van der Waals surface area contributed by atoms with Crippen molar-refractivity contribution in [2.45, 2.75) is 25.2 Å². The second kappa shape index (κ2) is 15.0. The molecule has 2 aromatic heterocycles. The van der Waals surface area contributed by atoms with Gasteiger partial charge in [-0.15, -0.1) is 60.6 Å². The van der Waals surface area contributed by atoms with Gasteiger partial charge in [0, 0.05) is 21.9 Å². The zero-order chi connectivity index (χ0) is 34.4. The number of rotatable bonds is 9. The maximum Gasteiger partial charge on any atom is 0.573 e. The molecule has 47 heavy (non-hydrogen) atoms. The molecule has 1 amide bonds. The van der Waals surface area contributed by atoms with E-state index in [2.05, 4.69) is 19.4 Å². The van der Waals surface area contributed by atoms with Gasteiger partial charge in [0.25, 0.3) is 5.91 Å². The van der Waals surface area contributed by atoms with Gasteiger partial charge in [0.2, 0.25) is 0 Å². The number of hydrogen-bond donors (Lipinski definition) is 1. The molecule has 3 aromatic carbocycles. The highest BCUT2D eigenvalue weighted by atomic mass is 35.5. The third-order valence-electron chi connectivity index (χ3n) is 5.59. The van der Waals surface area contributed by atoms with Gasteiger partial charge in [-0.25, -0.2) is 18.7 Å². The summed E-state index contributed by atoms with van der Waals surface area (Å²) in [5.41, 5.74) is 6.45. The van der Waals surface area contributed by atoms with Gasteiger partial charge >= 0.3 is 12.7 Å². The minimum Gasteiger partial charge on any atom is -0.484 e. The summed E-state index contributed by atoms with van der Waals surface area (Å²) in [5.74, 6) is -4.25. The molecule has 0 aliphatic rings. The Hall–Kier alpha value is -4.48. The fourth-order valence-corrected chi connectivity index (χ4v) is 5.49. The molecule has 0 spiro atoms. The van der Waals surface area contributed by atoms with E-state index >= 15 is 0 Å². The molecule has 0 fully saturated rings. The third-order valence-corrected chi connectivity index (χ3v) is 7.74. The zero-order valence-corrected chi connectivity index (χ0v) is 25.6. The molecule has 2 N–H and O–H groups in total. The van der Waals surface area contributed by atoms with E-state index < -0.39 is 35.8 Å². The number of nitrogens with two attached hydrogens (primary N) is 1. The molecule has 5 rings (SSSR count). The van der Waals surface area contributed by atoms with Gasteiger partial charge < -0.3 is 19.9 Å². The molecule has 5 aromatic rings. The van der Waals surface area contributed by atoms with Gasteiger partial charge in [0.15, 0.2) is 11.6 Å². The number of primary amides is 1. The number of carbonyl (C=O) groups is 1. The third kappa shape index (κ3) is 10.3. The second-order valence-electron chi connectivity index (χ2n) is 8.95. The lowest BCUT2D eigenvalue weighted by Gasteiger charge is -2.09. The van der Waals surface area contributed by atoms with Gasteiger partial charge in [-0.3, -0.25) is 4.79 Å². The Morgan fingerprint density at radius 1 is 0.745 bits per heavy atom. The van der Waals surface area contributed by atoms with Crippen LogP contribution >= 0.6 is 34.3 Å². The number of aromatic nitrogens is 2. The van der Waals surface area contributed by atoms with Crippen LogP contribution in [0.1, 0.15) is 21.7 Å². The van der Waals surface area contributed by atoms with Crippen molar-refractivity contribution in [2.24, 2.45) is 5.73 Å². The number of halogens is 9. The Balaban J connectivity index is 0.000000238. The number of alkyl halides is 7. The first kappa shape index (κ1) is 35.4. The number of thiazole rings is 2. The summed E-state index contributed by atoms with van der Waals surface area (Å²) >= 11 is 8.20. The van der Waals surface area contributed by atoms with Crippen molar-refractivity contribution in [1.29, 1.82) is 0 Å². The zero-order valence-electron chi connectivity index (χ0n) is 23.2. The minimum atomic E-state index is -4.78. The van der Waals surface area contributed by atoms with Crippen LogP contribution in [0.3, 0.4) is 0 Å². The summed E-state index contributed by atoms with van der Waals surface area (Å²) in [5, 5.41) is 4.61. The van der Waals surface area contributed by atoms with E-state index in [9.17, 15) is 39.9 Å². The van der Waals surface area contributed by atoms with Crippen molar-refractivity contribution < 1.29 is 54.1 Å². The van der Waals surface area contributed by atoms with E-state index in [0.29, 0.717) is 27.2 Å². The minimum absolute atomic E-state index is 0.188. The highest BCUT2D eigenvalue weighted by molar-refractivity contribution is 7.13. The SMILES string of the molecule is FC(F)(F)Oc1ccc(-c2nc(CCl)cs2)cc1.NC(=O)c1c(F)ccc(OCc2csc(-c3ccc(OC(F)(F)F)cc3)n2)c1F. The molecule has 0 atom stereocenters. The Morgan fingerprint density at radius 2 is 1.21 bits per heavy atom. The van der Waals surface area contributed by atoms with Gasteiger partial charge in [0.1, 0.15) is 39.5 Å². The molecule has 0 aliphatic carbocycles. The first-order chi connectivity index (χ1) is 22.1. The van der Waals surface area contributed by atoms with Crippen LogP contribution in [0.15, 0.2) is 71.4 Å². The fraction of sp³-hybridized carbons (Fsp3) is 0.138.